The second kappa shape index (κ2) is 11.5. The number of nitrogens with zero attached hydrogens (tertiary/aromatic N) is 3. The van der Waals surface area contributed by atoms with E-state index < -0.39 is 23.4 Å². The van der Waals surface area contributed by atoms with E-state index in [1.807, 2.05) is 0 Å². The molecule has 4 rings (SSSR count). The zero-order valence-electron chi connectivity index (χ0n) is 18.3. The molecule has 3 aromatic carbocycles. The Morgan fingerprint density at radius 3 is 2.36 bits per heavy atom. The van der Waals surface area contributed by atoms with E-state index in [0.717, 1.165) is 11.8 Å². The number of aromatic nitrogens is 3. The summed E-state index contributed by atoms with van der Waals surface area (Å²) in [5.41, 5.74) is 0.477. The summed E-state index contributed by atoms with van der Waals surface area (Å²) in [4.78, 5) is 24.9. The molecule has 0 radical (unpaired) electrons. The Balaban J connectivity index is 1.55. The van der Waals surface area contributed by atoms with Crippen molar-refractivity contribution in [1.29, 1.82) is 0 Å². The Labute approximate surface area is 218 Å². The normalized spacial score (nSPS) is 10.8. The van der Waals surface area contributed by atoms with Gasteiger partial charge in [-0.2, -0.15) is 0 Å². The van der Waals surface area contributed by atoms with Crippen LogP contribution in [0.3, 0.4) is 0 Å². The summed E-state index contributed by atoms with van der Waals surface area (Å²) in [6.45, 7) is -0.0948. The molecule has 1 heterocycles. The number of benzene rings is 3. The van der Waals surface area contributed by atoms with Crippen LogP contribution in [0.5, 0.6) is 0 Å². The lowest BCUT2D eigenvalue weighted by atomic mass is 10.2. The standard InChI is InChI=1S/C24H17Cl2F2N5O2S/c25-16-10-9-14(11-17(16)26)33-21(12-29-23(35)15-5-1-2-6-18(15)27)31-32-24(33)36-13-22(34)30-20-8-4-3-7-19(20)28/h1-11H,12-13H2,(H,29,35)(H,30,34). The number of rotatable bonds is 8. The highest BCUT2D eigenvalue weighted by Crippen LogP contribution is 2.28. The molecule has 0 fully saturated rings. The van der Waals surface area contributed by atoms with Crippen LogP contribution in [0, 0.1) is 11.6 Å². The average Bonchev–Trinajstić information content (AvgIpc) is 3.27. The van der Waals surface area contributed by atoms with Crippen LogP contribution in [-0.2, 0) is 11.3 Å². The molecule has 0 aliphatic carbocycles. The van der Waals surface area contributed by atoms with Crippen molar-refractivity contribution in [2.75, 3.05) is 11.1 Å². The van der Waals surface area contributed by atoms with E-state index in [1.165, 1.54) is 36.4 Å². The van der Waals surface area contributed by atoms with Gasteiger partial charge in [0.2, 0.25) is 5.91 Å². The van der Waals surface area contributed by atoms with E-state index in [0.29, 0.717) is 21.7 Å². The van der Waals surface area contributed by atoms with Crippen LogP contribution >= 0.6 is 35.0 Å². The highest BCUT2D eigenvalue weighted by molar-refractivity contribution is 7.99. The number of carbonyl (C=O) groups excluding carboxylic acids is 2. The number of para-hydroxylation sites is 1. The lowest BCUT2D eigenvalue weighted by Crippen LogP contribution is -2.25. The van der Waals surface area contributed by atoms with Gasteiger partial charge < -0.3 is 10.6 Å². The van der Waals surface area contributed by atoms with Crippen LogP contribution in [0.15, 0.2) is 71.9 Å². The number of carbonyl (C=O) groups is 2. The molecule has 0 aliphatic rings. The first-order valence-electron chi connectivity index (χ1n) is 10.4. The number of anilines is 1. The van der Waals surface area contributed by atoms with Crippen molar-refractivity contribution in [2.24, 2.45) is 0 Å². The molecule has 1 aromatic heterocycles. The van der Waals surface area contributed by atoms with Gasteiger partial charge in [-0.05, 0) is 42.5 Å². The summed E-state index contributed by atoms with van der Waals surface area (Å²) >= 11 is 13.3. The fraction of sp³-hybridized carbons (Fsp3) is 0.0833. The summed E-state index contributed by atoms with van der Waals surface area (Å²) in [6.07, 6.45) is 0. The van der Waals surface area contributed by atoms with Crippen molar-refractivity contribution < 1.29 is 18.4 Å². The van der Waals surface area contributed by atoms with Gasteiger partial charge in [-0.15, -0.1) is 10.2 Å². The minimum atomic E-state index is -0.655. The topological polar surface area (TPSA) is 88.9 Å². The van der Waals surface area contributed by atoms with Crippen molar-refractivity contribution in [3.63, 3.8) is 0 Å². The molecule has 4 aromatic rings. The van der Waals surface area contributed by atoms with Gasteiger partial charge in [-0.1, -0.05) is 59.2 Å². The van der Waals surface area contributed by atoms with E-state index in [-0.39, 0.29) is 28.6 Å². The molecule has 0 aliphatic heterocycles. The first-order valence-corrected chi connectivity index (χ1v) is 12.2. The Morgan fingerprint density at radius 1 is 0.917 bits per heavy atom. The monoisotopic (exact) mass is 547 g/mol. The van der Waals surface area contributed by atoms with Crippen LogP contribution in [0.2, 0.25) is 10.0 Å². The smallest absolute Gasteiger partial charge is 0.254 e. The minimum Gasteiger partial charge on any atom is -0.345 e. The van der Waals surface area contributed by atoms with Crippen molar-refractivity contribution in [2.45, 2.75) is 11.7 Å². The first-order chi connectivity index (χ1) is 17.3. The molecular formula is C24H17Cl2F2N5O2S. The first kappa shape index (κ1) is 25.6. The molecule has 0 bridgehead atoms. The molecule has 2 N–H and O–H groups in total. The Bertz CT molecular complexity index is 1430. The fourth-order valence-electron chi connectivity index (χ4n) is 3.17. The molecule has 7 nitrogen and oxygen atoms in total. The van der Waals surface area contributed by atoms with Gasteiger partial charge >= 0.3 is 0 Å². The average molecular weight is 548 g/mol. The molecule has 12 heteroatoms. The van der Waals surface area contributed by atoms with Gasteiger partial charge in [0.25, 0.3) is 5.91 Å². The molecule has 0 saturated carbocycles. The molecule has 0 spiro atoms. The number of hydrogen-bond donors (Lipinski definition) is 2. The van der Waals surface area contributed by atoms with Crippen molar-refractivity contribution >= 4 is 52.5 Å². The number of hydrogen-bond acceptors (Lipinski definition) is 5. The third-order valence-corrected chi connectivity index (χ3v) is 6.54. The second-order valence-corrected chi connectivity index (χ2v) is 9.07. The Morgan fingerprint density at radius 2 is 1.64 bits per heavy atom. The summed E-state index contributed by atoms with van der Waals surface area (Å²) in [6, 6.07) is 16.2. The van der Waals surface area contributed by atoms with Gasteiger partial charge in [-0.3, -0.25) is 14.2 Å². The lowest BCUT2D eigenvalue weighted by Gasteiger charge is -2.12. The van der Waals surface area contributed by atoms with Gasteiger partial charge in [0.05, 0.1) is 39.3 Å². The number of nitrogens with one attached hydrogen (secondary N) is 2. The molecule has 36 heavy (non-hydrogen) atoms. The Kier molecular flexibility index (Phi) is 8.19. The van der Waals surface area contributed by atoms with Crippen LogP contribution in [0.4, 0.5) is 14.5 Å². The predicted molar refractivity (Wildman–Crippen MR) is 135 cm³/mol. The summed E-state index contributed by atoms with van der Waals surface area (Å²) in [5, 5.41) is 14.3. The van der Waals surface area contributed by atoms with E-state index in [9.17, 15) is 18.4 Å². The highest BCUT2D eigenvalue weighted by Gasteiger charge is 2.19. The maximum atomic E-state index is 14.0. The quantitative estimate of drug-likeness (QED) is 0.284. The SMILES string of the molecule is O=C(CSc1nnc(CNC(=O)c2ccccc2F)n1-c1ccc(Cl)c(Cl)c1)Nc1ccccc1F. The van der Waals surface area contributed by atoms with Crippen LogP contribution in [0.1, 0.15) is 16.2 Å². The summed E-state index contributed by atoms with van der Waals surface area (Å²) in [7, 11) is 0. The van der Waals surface area contributed by atoms with Crippen molar-refractivity contribution in [3.8, 4) is 5.69 Å². The summed E-state index contributed by atoms with van der Waals surface area (Å²) in [5.74, 6) is -2.09. The van der Waals surface area contributed by atoms with Gasteiger partial charge in [0, 0.05) is 0 Å². The second-order valence-electron chi connectivity index (χ2n) is 7.31. The van der Waals surface area contributed by atoms with Crippen molar-refractivity contribution in [1.82, 2.24) is 20.1 Å². The van der Waals surface area contributed by atoms with E-state index in [4.69, 9.17) is 23.2 Å². The predicted octanol–water partition coefficient (Wildman–Crippen LogP) is 5.51. The third-order valence-electron chi connectivity index (χ3n) is 4.87. The Hall–Kier alpha value is -3.47. The zero-order chi connectivity index (χ0) is 25.7. The van der Waals surface area contributed by atoms with Crippen LogP contribution in [-0.4, -0.2) is 32.3 Å². The molecule has 0 atom stereocenters. The molecule has 2 amide bonds. The number of halogens is 4. The fourth-order valence-corrected chi connectivity index (χ4v) is 4.23. The zero-order valence-corrected chi connectivity index (χ0v) is 20.7. The number of thioether (sulfide) groups is 1. The van der Waals surface area contributed by atoms with E-state index >= 15 is 0 Å². The largest absolute Gasteiger partial charge is 0.345 e. The highest BCUT2D eigenvalue weighted by atomic mass is 35.5. The van der Waals surface area contributed by atoms with Crippen molar-refractivity contribution in [3.05, 3.63) is 99.8 Å². The third kappa shape index (κ3) is 6.01. The van der Waals surface area contributed by atoms with Gasteiger partial charge in [0.1, 0.15) is 11.6 Å². The molecule has 184 valence electrons. The summed E-state index contributed by atoms with van der Waals surface area (Å²) < 4.78 is 29.4. The van der Waals surface area contributed by atoms with E-state index in [1.54, 1.807) is 34.9 Å². The number of amides is 2. The van der Waals surface area contributed by atoms with Crippen LogP contribution < -0.4 is 10.6 Å². The van der Waals surface area contributed by atoms with E-state index in [2.05, 4.69) is 20.8 Å². The molecule has 0 unspecified atom stereocenters. The van der Waals surface area contributed by atoms with Gasteiger partial charge in [-0.25, -0.2) is 8.78 Å². The van der Waals surface area contributed by atoms with Gasteiger partial charge in [0.15, 0.2) is 11.0 Å². The van der Waals surface area contributed by atoms with Crippen LogP contribution in [0.25, 0.3) is 5.69 Å². The minimum absolute atomic E-state index is 0.0607. The maximum absolute atomic E-state index is 14.0. The lowest BCUT2D eigenvalue weighted by molar-refractivity contribution is -0.113. The molecular weight excluding hydrogens is 531 g/mol. The molecule has 0 saturated heterocycles. The maximum Gasteiger partial charge on any atom is 0.254 e.